The highest BCUT2D eigenvalue weighted by atomic mass is 32.1. The van der Waals surface area contributed by atoms with Crippen LogP contribution in [-0.4, -0.2) is 20.7 Å². The molecule has 0 aliphatic carbocycles. The third kappa shape index (κ3) is 3.58. The number of nitrogens with zero attached hydrogens (tertiary/aromatic N) is 3. The van der Waals surface area contributed by atoms with Crippen LogP contribution in [0.4, 0.5) is 5.82 Å². The van der Waals surface area contributed by atoms with Crippen LogP contribution in [-0.2, 0) is 6.54 Å². The minimum Gasteiger partial charge on any atom is -0.305 e. The predicted octanol–water partition coefficient (Wildman–Crippen LogP) is 4.68. The average molecular weight is 380 g/mol. The van der Waals surface area contributed by atoms with E-state index in [0.29, 0.717) is 18.1 Å². The number of thiophene rings is 1. The van der Waals surface area contributed by atoms with Gasteiger partial charge in [0, 0.05) is 11.4 Å². The van der Waals surface area contributed by atoms with Crippen LogP contribution in [0.2, 0.25) is 0 Å². The molecule has 3 heterocycles. The van der Waals surface area contributed by atoms with E-state index in [-0.39, 0.29) is 5.91 Å². The number of hydrogen-bond donors (Lipinski definition) is 1. The molecule has 4 rings (SSSR count). The standard InChI is InChI=1S/C19H16N4OS2/c1-13-10-17(23(22-13)11-14-6-3-2-4-7-14)21-18(24)15-12-26-19(20-15)16-8-5-9-25-16/h2-10,12H,11H2,1H3,(H,21,24). The number of carbonyl (C=O) groups is 1. The quantitative estimate of drug-likeness (QED) is 0.547. The number of anilines is 1. The van der Waals surface area contributed by atoms with E-state index in [4.69, 9.17) is 0 Å². The molecule has 0 spiro atoms. The molecule has 1 aromatic carbocycles. The first-order chi connectivity index (χ1) is 12.7. The van der Waals surface area contributed by atoms with Gasteiger partial charge in [-0.2, -0.15) is 5.10 Å². The Kier molecular flexibility index (Phi) is 4.64. The number of hydrogen-bond acceptors (Lipinski definition) is 5. The monoisotopic (exact) mass is 380 g/mol. The van der Waals surface area contributed by atoms with Gasteiger partial charge in [-0.3, -0.25) is 4.79 Å². The van der Waals surface area contributed by atoms with Crippen molar-refractivity contribution >= 4 is 34.4 Å². The van der Waals surface area contributed by atoms with Crippen LogP contribution in [0.25, 0.3) is 9.88 Å². The molecular weight excluding hydrogens is 364 g/mol. The summed E-state index contributed by atoms with van der Waals surface area (Å²) in [6, 6.07) is 15.9. The fourth-order valence-electron chi connectivity index (χ4n) is 2.59. The van der Waals surface area contributed by atoms with Crippen molar-refractivity contribution in [3.63, 3.8) is 0 Å². The topological polar surface area (TPSA) is 59.8 Å². The number of rotatable bonds is 5. The van der Waals surface area contributed by atoms with Gasteiger partial charge in [-0.15, -0.1) is 22.7 Å². The Morgan fingerprint density at radius 2 is 2.00 bits per heavy atom. The maximum atomic E-state index is 12.6. The molecule has 0 bridgehead atoms. The van der Waals surface area contributed by atoms with Crippen LogP contribution in [0.15, 0.2) is 59.3 Å². The van der Waals surface area contributed by atoms with E-state index in [1.54, 1.807) is 21.4 Å². The van der Waals surface area contributed by atoms with E-state index in [0.717, 1.165) is 21.1 Å². The number of carbonyl (C=O) groups excluding carboxylic acids is 1. The fourth-order valence-corrected chi connectivity index (χ4v) is 4.21. The molecule has 0 fully saturated rings. The van der Waals surface area contributed by atoms with Crippen molar-refractivity contribution in [2.24, 2.45) is 0 Å². The lowest BCUT2D eigenvalue weighted by Crippen LogP contribution is -2.16. The zero-order chi connectivity index (χ0) is 17.9. The van der Waals surface area contributed by atoms with Crippen LogP contribution >= 0.6 is 22.7 Å². The van der Waals surface area contributed by atoms with E-state index < -0.39 is 0 Å². The van der Waals surface area contributed by atoms with Gasteiger partial charge in [0.25, 0.3) is 5.91 Å². The molecular formula is C19H16N4OS2. The second-order valence-corrected chi connectivity index (χ2v) is 7.59. The van der Waals surface area contributed by atoms with Crippen molar-refractivity contribution in [3.05, 3.63) is 76.2 Å². The molecule has 130 valence electrons. The van der Waals surface area contributed by atoms with Crippen LogP contribution in [0.5, 0.6) is 0 Å². The molecule has 0 unspecified atom stereocenters. The fraction of sp³-hybridized carbons (Fsp3) is 0.105. The smallest absolute Gasteiger partial charge is 0.276 e. The lowest BCUT2D eigenvalue weighted by molar-refractivity contribution is 0.102. The van der Waals surface area contributed by atoms with Crippen LogP contribution < -0.4 is 5.32 Å². The number of nitrogens with one attached hydrogen (secondary N) is 1. The van der Waals surface area contributed by atoms with Crippen LogP contribution in [0.3, 0.4) is 0 Å². The first-order valence-corrected chi connectivity index (χ1v) is 9.84. The summed E-state index contributed by atoms with van der Waals surface area (Å²) in [7, 11) is 0. The minimum atomic E-state index is -0.224. The summed E-state index contributed by atoms with van der Waals surface area (Å²) in [6.45, 7) is 2.51. The van der Waals surface area contributed by atoms with E-state index in [1.807, 2.05) is 60.8 Å². The summed E-state index contributed by atoms with van der Waals surface area (Å²) >= 11 is 3.09. The second kappa shape index (κ2) is 7.23. The minimum absolute atomic E-state index is 0.224. The molecule has 3 aromatic heterocycles. The van der Waals surface area contributed by atoms with Gasteiger partial charge in [0.05, 0.1) is 17.1 Å². The lowest BCUT2D eigenvalue weighted by atomic mass is 10.2. The Bertz CT molecular complexity index is 1020. The van der Waals surface area contributed by atoms with Crippen molar-refractivity contribution in [2.45, 2.75) is 13.5 Å². The van der Waals surface area contributed by atoms with Gasteiger partial charge in [0.15, 0.2) is 0 Å². The molecule has 0 aliphatic rings. The first-order valence-electron chi connectivity index (χ1n) is 8.08. The maximum Gasteiger partial charge on any atom is 0.276 e. The van der Waals surface area contributed by atoms with Gasteiger partial charge in [-0.1, -0.05) is 36.4 Å². The molecule has 0 atom stereocenters. The highest BCUT2D eigenvalue weighted by Crippen LogP contribution is 2.28. The van der Waals surface area contributed by atoms with Crippen molar-refractivity contribution in [1.29, 1.82) is 0 Å². The Morgan fingerprint density at radius 3 is 2.77 bits per heavy atom. The first kappa shape index (κ1) is 16.7. The summed E-state index contributed by atoms with van der Waals surface area (Å²) in [5.41, 5.74) is 2.40. The summed E-state index contributed by atoms with van der Waals surface area (Å²) < 4.78 is 1.80. The maximum absolute atomic E-state index is 12.6. The number of thiazole rings is 1. The van der Waals surface area contributed by atoms with Gasteiger partial charge in [-0.05, 0) is 23.9 Å². The summed E-state index contributed by atoms with van der Waals surface area (Å²) in [6.07, 6.45) is 0. The molecule has 4 aromatic rings. The normalized spacial score (nSPS) is 10.8. The van der Waals surface area contributed by atoms with Gasteiger partial charge < -0.3 is 5.32 Å². The molecule has 7 heteroatoms. The van der Waals surface area contributed by atoms with Gasteiger partial charge in [0.1, 0.15) is 16.5 Å². The molecule has 0 saturated carbocycles. The van der Waals surface area contributed by atoms with Crippen molar-refractivity contribution in [3.8, 4) is 9.88 Å². The van der Waals surface area contributed by atoms with Crippen molar-refractivity contribution in [1.82, 2.24) is 14.8 Å². The largest absolute Gasteiger partial charge is 0.305 e. The molecule has 1 N–H and O–H groups in total. The predicted molar refractivity (Wildman–Crippen MR) is 106 cm³/mol. The van der Waals surface area contributed by atoms with E-state index in [9.17, 15) is 4.79 Å². The Balaban J connectivity index is 1.53. The van der Waals surface area contributed by atoms with Crippen molar-refractivity contribution in [2.75, 3.05) is 5.32 Å². The summed E-state index contributed by atoms with van der Waals surface area (Å²) in [4.78, 5) is 18.1. The zero-order valence-electron chi connectivity index (χ0n) is 14.0. The van der Waals surface area contributed by atoms with E-state index in [2.05, 4.69) is 15.4 Å². The Morgan fingerprint density at radius 1 is 1.15 bits per heavy atom. The molecule has 5 nitrogen and oxygen atoms in total. The molecule has 0 saturated heterocycles. The zero-order valence-corrected chi connectivity index (χ0v) is 15.7. The number of amides is 1. The Labute approximate surface area is 159 Å². The highest BCUT2D eigenvalue weighted by Gasteiger charge is 2.15. The lowest BCUT2D eigenvalue weighted by Gasteiger charge is -2.08. The molecule has 0 radical (unpaired) electrons. The third-order valence-corrected chi connectivity index (χ3v) is 5.67. The molecule has 0 aliphatic heterocycles. The van der Waals surface area contributed by atoms with Gasteiger partial charge in [0.2, 0.25) is 0 Å². The van der Waals surface area contributed by atoms with Gasteiger partial charge >= 0.3 is 0 Å². The van der Waals surface area contributed by atoms with Crippen LogP contribution in [0.1, 0.15) is 21.7 Å². The van der Waals surface area contributed by atoms with Gasteiger partial charge in [-0.25, -0.2) is 9.67 Å². The number of benzene rings is 1. The SMILES string of the molecule is Cc1cc(NC(=O)c2csc(-c3cccs3)n2)n(Cc2ccccc2)n1. The van der Waals surface area contributed by atoms with Crippen LogP contribution in [0, 0.1) is 6.92 Å². The summed E-state index contributed by atoms with van der Waals surface area (Å²) in [5, 5.41) is 12.1. The third-order valence-electron chi connectivity index (χ3n) is 3.79. The van der Waals surface area contributed by atoms with E-state index >= 15 is 0 Å². The average Bonchev–Trinajstić information content (AvgIpc) is 3.37. The molecule has 26 heavy (non-hydrogen) atoms. The number of aromatic nitrogens is 3. The Hall–Kier alpha value is -2.77. The molecule has 1 amide bonds. The number of aryl methyl sites for hydroxylation is 1. The summed E-state index contributed by atoms with van der Waals surface area (Å²) in [5.74, 6) is 0.445. The second-order valence-electron chi connectivity index (χ2n) is 5.78. The van der Waals surface area contributed by atoms with E-state index in [1.165, 1.54) is 11.3 Å². The van der Waals surface area contributed by atoms with Crippen molar-refractivity contribution < 1.29 is 4.79 Å². The highest BCUT2D eigenvalue weighted by molar-refractivity contribution is 7.20.